The molecule has 1 aliphatic carbocycles. The van der Waals surface area contributed by atoms with Crippen LogP contribution in [0.1, 0.15) is 48.0 Å². The number of rotatable bonds is 9. The molecule has 0 aromatic carbocycles. The molecule has 5 fully saturated rings. The molecule has 2 N–H and O–H groups in total. The van der Waals surface area contributed by atoms with Crippen LogP contribution in [0.3, 0.4) is 0 Å². The predicted molar refractivity (Wildman–Crippen MR) is 150 cm³/mol. The van der Waals surface area contributed by atoms with Gasteiger partial charge in [0.1, 0.15) is 17.2 Å². The molecule has 240 valence electrons. The summed E-state index contributed by atoms with van der Waals surface area (Å²) < 4.78 is 56.5. The van der Waals surface area contributed by atoms with Gasteiger partial charge in [-0.15, -0.1) is 11.3 Å². The number of likely N-dealkylation sites (tertiary alicyclic amines) is 1. The summed E-state index contributed by atoms with van der Waals surface area (Å²) in [7, 11) is 1.48. The van der Waals surface area contributed by atoms with E-state index in [0.717, 1.165) is 25.7 Å². The smallest absolute Gasteiger partial charge is 0.431 e. The van der Waals surface area contributed by atoms with Crippen LogP contribution in [0.5, 0.6) is 0 Å². The summed E-state index contributed by atoms with van der Waals surface area (Å²) in [6.07, 6.45) is 0.939. The zero-order valence-electron chi connectivity index (χ0n) is 24.4. The van der Waals surface area contributed by atoms with Gasteiger partial charge in [-0.2, -0.15) is 18.2 Å². The van der Waals surface area contributed by atoms with Gasteiger partial charge in [0, 0.05) is 44.1 Å². The Morgan fingerprint density at radius 3 is 2.57 bits per heavy atom. The number of nitrogens with zero attached hydrogens (tertiary/aromatic N) is 4. The minimum absolute atomic E-state index is 0.0626. The Morgan fingerprint density at radius 1 is 1.23 bits per heavy atom. The second-order valence-electron chi connectivity index (χ2n) is 12.5. The zero-order valence-corrected chi connectivity index (χ0v) is 25.2. The molecule has 2 aromatic rings. The van der Waals surface area contributed by atoms with Crippen molar-refractivity contribution in [2.45, 2.75) is 57.0 Å². The van der Waals surface area contributed by atoms with Gasteiger partial charge in [0.05, 0.1) is 43.0 Å². The monoisotopic (exact) mass is 640 g/mol. The topological polar surface area (TPSA) is 139 Å². The molecule has 4 aliphatic heterocycles. The van der Waals surface area contributed by atoms with Gasteiger partial charge in [-0.3, -0.25) is 19.4 Å². The SMILES string of the molecule is CNC(=O)[C@@H](NC(=O)C1CN(C(=O)c2cncs2)CC12CN(c1nc(C(F)(F)F)co1)C2)[C@@H](C)OCC12CCC(CC1)OC2. The van der Waals surface area contributed by atoms with Crippen LogP contribution < -0.4 is 15.5 Å². The maximum Gasteiger partial charge on any atom is 0.436 e. The number of carbonyl (C=O) groups excluding carboxylic acids is 3. The van der Waals surface area contributed by atoms with E-state index in [2.05, 4.69) is 20.6 Å². The molecule has 1 saturated carbocycles. The Bertz CT molecular complexity index is 1360. The fraction of sp³-hybridized carbons (Fsp3) is 0.679. The van der Waals surface area contributed by atoms with E-state index >= 15 is 0 Å². The number of fused-ring (bicyclic) bond motifs is 3. The highest BCUT2D eigenvalue weighted by molar-refractivity contribution is 7.11. The lowest BCUT2D eigenvalue weighted by molar-refractivity contribution is -0.155. The van der Waals surface area contributed by atoms with Crippen molar-refractivity contribution in [3.8, 4) is 0 Å². The first-order valence-corrected chi connectivity index (χ1v) is 15.5. The van der Waals surface area contributed by atoms with Crippen LogP contribution in [0, 0.1) is 16.7 Å². The highest BCUT2D eigenvalue weighted by atomic mass is 32.1. The number of amides is 3. The highest BCUT2D eigenvalue weighted by Gasteiger charge is 2.59. The predicted octanol–water partition coefficient (Wildman–Crippen LogP) is 2.32. The summed E-state index contributed by atoms with van der Waals surface area (Å²) in [6.45, 7) is 3.27. The van der Waals surface area contributed by atoms with E-state index in [1.165, 1.54) is 35.0 Å². The van der Waals surface area contributed by atoms with Crippen LogP contribution in [0.25, 0.3) is 0 Å². The zero-order chi connectivity index (χ0) is 31.3. The van der Waals surface area contributed by atoms with E-state index < -0.39 is 47.2 Å². The minimum atomic E-state index is -4.66. The number of hydrogen-bond donors (Lipinski definition) is 2. The summed E-state index contributed by atoms with van der Waals surface area (Å²) in [5.41, 5.74) is -0.513. The molecule has 2 aromatic heterocycles. The van der Waals surface area contributed by atoms with Crippen LogP contribution in [-0.2, 0) is 25.2 Å². The number of carbonyl (C=O) groups is 3. The molecule has 44 heavy (non-hydrogen) atoms. The maximum atomic E-state index is 13.9. The molecular weight excluding hydrogens is 605 g/mol. The molecule has 2 bridgehead atoms. The third kappa shape index (κ3) is 5.78. The molecule has 0 radical (unpaired) electrons. The van der Waals surface area contributed by atoms with Crippen molar-refractivity contribution in [2.24, 2.45) is 16.7 Å². The number of oxazole rings is 1. The minimum Gasteiger partial charge on any atom is -0.431 e. The standard InChI is InChI=1S/C28H35F3N6O6S/c1-16(42-13-26-5-3-17(4-6-26)43-14-26)21(23(39)32-2)35-22(38)18-8-36(24(40)19-7-33-15-44-19)10-27(18)11-37(12-27)25-34-20(9-41-25)28(29,30)31/h7,9,15-18,21H,3-6,8,10-14H2,1-2H3,(H,32,39)(H,35,38)/t16-,17?,18?,21+,26?/m1/s1. The third-order valence-corrected chi connectivity index (χ3v) is 10.3. The fourth-order valence-corrected chi connectivity index (χ4v) is 7.46. The number of anilines is 1. The Kier molecular flexibility index (Phi) is 8.11. The number of ether oxygens (including phenoxy) is 2. The lowest BCUT2D eigenvalue weighted by Gasteiger charge is -2.49. The highest BCUT2D eigenvalue weighted by Crippen LogP contribution is 2.47. The first kappa shape index (κ1) is 30.8. The van der Waals surface area contributed by atoms with E-state index in [-0.39, 0.29) is 43.5 Å². The third-order valence-electron chi connectivity index (χ3n) is 9.53. The van der Waals surface area contributed by atoms with Crippen LogP contribution in [0.4, 0.5) is 19.2 Å². The normalized spacial score (nSPS) is 27.2. The lowest BCUT2D eigenvalue weighted by atomic mass is 9.71. The fourth-order valence-electron chi connectivity index (χ4n) is 6.88. The van der Waals surface area contributed by atoms with Gasteiger partial charge in [-0.1, -0.05) is 0 Å². The molecule has 4 saturated heterocycles. The number of halogens is 3. The number of nitrogens with one attached hydrogen (secondary N) is 2. The van der Waals surface area contributed by atoms with Crippen molar-refractivity contribution in [1.82, 2.24) is 25.5 Å². The molecular formula is C28H35F3N6O6S. The first-order valence-electron chi connectivity index (χ1n) is 14.6. The average molecular weight is 641 g/mol. The van der Waals surface area contributed by atoms with Gasteiger partial charge >= 0.3 is 6.18 Å². The van der Waals surface area contributed by atoms with E-state index in [9.17, 15) is 27.6 Å². The molecule has 6 heterocycles. The molecule has 1 spiro atoms. The maximum absolute atomic E-state index is 13.9. The van der Waals surface area contributed by atoms with Gasteiger partial charge in [-0.05, 0) is 32.6 Å². The van der Waals surface area contributed by atoms with Crippen molar-refractivity contribution in [2.75, 3.05) is 51.3 Å². The van der Waals surface area contributed by atoms with E-state index in [4.69, 9.17) is 13.9 Å². The van der Waals surface area contributed by atoms with Gasteiger partial charge < -0.3 is 34.3 Å². The van der Waals surface area contributed by atoms with Gasteiger partial charge in [0.15, 0.2) is 5.69 Å². The van der Waals surface area contributed by atoms with E-state index in [1.54, 1.807) is 11.8 Å². The van der Waals surface area contributed by atoms with Gasteiger partial charge in [0.2, 0.25) is 11.8 Å². The van der Waals surface area contributed by atoms with Crippen molar-refractivity contribution >= 4 is 35.1 Å². The lowest BCUT2D eigenvalue weighted by Crippen LogP contribution is -2.64. The molecule has 3 atom stereocenters. The van der Waals surface area contributed by atoms with Crippen LogP contribution in [-0.4, -0.2) is 97.3 Å². The van der Waals surface area contributed by atoms with Gasteiger partial charge in [-0.25, -0.2) is 0 Å². The van der Waals surface area contributed by atoms with Crippen molar-refractivity contribution in [3.05, 3.63) is 28.5 Å². The second kappa shape index (κ2) is 11.6. The van der Waals surface area contributed by atoms with Gasteiger partial charge in [0.25, 0.3) is 11.9 Å². The number of likely N-dealkylation sites (N-methyl/N-ethyl adjacent to an activating group) is 1. The Balaban J connectivity index is 1.17. The number of aromatic nitrogens is 2. The number of alkyl halides is 3. The van der Waals surface area contributed by atoms with Crippen LogP contribution in [0.15, 0.2) is 22.4 Å². The first-order chi connectivity index (χ1) is 20.9. The summed E-state index contributed by atoms with van der Waals surface area (Å²) >= 11 is 1.18. The van der Waals surface area contributed by atoms with Crippen LogP contribution in [0.2, 0.25) is 0 Å². The van der Waals surface area contributed by atoms with Crippen molar-refractivity contribution in [3.63, 3.8) is 0 Å². The largest absolute Gasteiger partial charge is 0.436 e. The molecule has 16 heteroatoms. The molecule has 12 nitrogen and oxygen atoms in total. The molecule has 3 amide bonds. The van der Waals surface area contributed by atoms with Crippen molar-refractivity contribution < 1.29 is 41.4 Å². The Labute approximate surface area is 255 Å². The van der Waals surface area contributed by atoms with E-state index in [1.807, 2.05) is 0 Å². The second-order valence-corrected chi connectivity index (χ2v) is 13.3. The summed E-state index contributed by atoms with van der Waals surface area (Å²) in [5, 5.41) is 5.47. The van der Waals surface area contributed by atoms with Crippen LogP contribution >= 0.6 is 11.3 Å². The number of thiazole rings is 1. The number of hydrogen-bond acceptors (Lipinski definition) is 10. The average Bonchev–Trinajstić information content (AvgIpc) is 3.78. The molecule has 1 unspecified atom stereocenters. The summed E-state index contributed by atoms with van der Waals surface area (Å²) in [4.78, 5) is 51.2. The molecule has 7 rings (SSSR count). The van der Waals surface area contributed by atoms with E-state index in [0.29, 0.717) is 30.5 Å². The quantitative estimate of drug-likeness (QED) is 0.423. The molecule has 5 aliphatic rings. The summed E-state index contributed by atoms with van der Waals surface area (Å²) in [6, 6.07) is -1.22. The summed E-state index contributed by atoms with van der Waals surface area (Å²) in [5.74, 6) is -1.92. The Morgan fingerprint density at radius 2 is 1.98 bits per heavy atom. The van der Waals surface area contributed by atoms with Crippen molar-refractivity contribution in [1.29, 1.82) is 0 Å². The Hall–Kier alpha value is -3.24.